The number of rotatable bonds is 4. The molecule has 1 fully saturated rings. The van der Waals surface area contributed by atoms with Gasteiger partial charge < -0.3 is 10.0 Å². The summed E-state index contributed by atoms with van der Waals surface area (Å²) in [7, 11) is 0. The summed E-state index contributed by atoms with van der Waals surface area (Å²) in [6, 6.07) is 5.28. The zero-order valence-corrected chi connectivity index (χ0v) is 14.0. The Balaban J connectivity index is 1.79. The number of carbonyl (C=O) groups excluding carboxylic acids is 1. The van der Waals surface area contributed by atoms with Crippen molar-refractivity contribution in [2.75, 3.05) is 6.54 Å². The summed E-state index contributed by atoms with van der Waals surface area (Å²) in [5, 5.41) is 9.16. The molecule has 0 bridgehead atoms. The molecule has 1 aromatic rings. The third kappa shape index (κ3) is 2.99. The summed E-state index contributed by atoms with van der Waals surface area (Å²) in [5.41, 5.74) is 2.31. The Kier molecular flexibility index (Phi) is 4.17. The number of nitrogens with zero attached hydrogens (tertiary/aromatic N) is 1. The van der Waals surface area contributed by atoms with Gasteiger partial charge >= 0.3 is 5.97 Å². The monoisotopic (exact) mass is 315 g/mol. The van der Waals surface area contributed by atoms with E-state index in [0.29, 0.717) is 18.0 Å². The van der Waals surface area contributed by atoms with Crippen LogP contribution in [-0.2, 0) is 17.8 Å². The average Bonchev–Trinajstić information content (AvgIpc) is 2.48. The lowest BCUT2D eigenvalue weighted by atomic mass is 9.63. The number of hydrogen-bond acceptors (Lipinski definition) is 2. The Morgan fingerprint density at radius 3 is 2.57 bits per heavy atom. The predicted molar refractivity (Wildman–Crippen MR) is 88.3 cm³/mol. The molecule has 1 aliphatic carbocycles. The number of hydrogen-bond donors (Lipinski definition) is 1. The number of fused-ring (bicyclic) bond motifs is 1. The molecule has 1 N–H and O–H groups in total. The maximum absolute atomic E-state index is 13.1. The van der Waals surface area contributed by atoms with Crippen molar-refractivity contribution in [3.63, 3.8) is 0 Å². The summed E-state index contributed by atoms with van der Waals surface area (Å²) >= 11 is 0. The van der Waals surface area contributed by atoms with Crippen molar-refractivity contribution < 1.29 is 14.7 Å². The van der Waals surface area contributed by atoms with E-state index in [-0.39, 0.29) is 11.3 Å². The van der Waals surface area contributed by atoms with Crippen LogP contribution < -0.4 is 0 Å². The highest BCUT2D eigenvalue weighted by Gasteiger charge is 2.46. The van der Waals surface area contributed by atoms with Crippen molar-refractivity contribution in [1.29, 1.82) is 0 Å². The number of carbonyl (C=O) groups is 2. The van der Waals surface area contributed by atoms with Crippen LogP contribution in [0.5, 0.6) is 0 Å². The van der Waals surface area contributed by atoms with E-state index >= 15 is 0 Å². The molecule has 0 saturated heterocycles. The second kappa shape index (κ2) is 5.99. The number of carboxylic acid groups (broad SMARTS) is 1. The molecule has 1 heterocycles. The first-order valence-corrected chi connectivity index (χ1v) is 8.56. The highest BCUT2D eigenvalue weighted by molar-refractivity contribution is 5.88. The highest BCUT2D eigenvalue weighted by atomic mass is 16.4. The standard InChI is InChI=1S/C19H25NO3/c1-13(2)11-19(7-3-8-19)18(23)20-9-6-14-4-5-15(17(21)22)10-16(14)12-20/h4-5,10,13H,3,6-9,11-12H2,1-2H3,(H,21,22). The van der Waals surface area contributed by atoms with Crippen LogP contribution in [0.3, 0.4) is 0 Å². The van der Waals surface area contributed by atoms with Crippen molar-refractivity contribution in [3.8, 4) is 0 Å². The second-order valence-electron chi connectivity index (χ2n) is 7.50. The van der Waals surface area contributed by atoms with Gasteiger partial charge in [-0.2, -0.15) is 0 Å². The summed E-state index contributed by atoms with van der Waals surface area (Å²) in [6.07, 6.45) is 4.93. The first-order valence-electron chi connectivity index (χ1n) is 8.56. The molecule has 124 valence electrons. The van der Waals surface area contributed by atoms with Crippen LogP contribution in [0.2, 0.25) is 0 Å². The molecule has 1 amide bonds. The molecule has 0 spiro atoms. The maximum Gasteiger partial charge on any atom is 0.335 e. The molecule has 1 aliphatic heterocycles. The van der Waals surface area contributed by atoms with Gasteiger partial charge in [0.2, 0.25) is 5.91 Å². The molecule has 3 rings (SSSR count). The lowest BCUT2D eigenvalue weighted by Gasteiger charge is -2.45. The Morgan fingerprint density at radius 2 is 2.00 bits per heavy atom. The Labute approximate surface area is 137 Å². The molecule has 0 aromatic heterocycles. The van der Waals surface area contributed by atoms with E-state index in [1.165, 1.54) is 5.56 Å². The molecule has 0 atom stereocenters. The molecular weight excluding hydrogens is 290 g/mol. The lowest BCUT2D eigenvalue weighted by Crippen LogP contribution is -2.50. The van der Waals surface area contributed by atoms with E-state index in [4.69, 9.17) is 5.11 Å². The number of amides is 1. The summed E-state index contributed by atoms with van der Waals surface area (Å²) in [6.45, 7) is 5.66. The van der Waals surface area contributed by atoms with E-state index in [1.54, 1.807) is 12.1 Å². The zero-order chi connectivity index (χ0) is 16.6. The molecule has 4 heteroatoms. The van der Waals surface area contributed by atoms with Crippen LogP contribution in [-0.4, -0.2) is 28.4 Å². The number of aromatic carboxylic acids is 1. The minimum absolute atomic E-state index is 0.157. The van der Waals surface area contributed by atoms with Gasteiger partial charge in [-0.15, -0.1) is 0 Å². The molecule has 0 radical (unpaired) electrons. The number of carboxylic acids is 1. The van der Waals surface area contributed by atoms with E-state index < -0.39 is 5.97 Å². The Hall–Kier alpha value is -1.84. The number of benzene rings is 1. The lowest BCUT2D eigenvalue weighted by molar-refractivity contribution is -0.150. The van der Waals surface area contributed by atoms with Crippen LogP contribution in [0.25, 0.3) is 0 Å². The van der Waals surface area contributed by atoms with Gasteiger partial charge in [-0.25, -0.2) is 4.79 Å². The van der Waals surface area contributed by atoms with Gasteiger partial charge in [-0.3, -0.25) is 4.79 Å². The smallest absolute Gasteiger partial charge is 0.335 e. The normalized spacial score (nSPS) is 19.2. The molecule has 2 aliphatic rings. The summed E-state index contributed by atoms with van der Waals surface area (Å²) in [4.78, 5) is 26.2. The van der Waals surface area contributed by atoms with Crippen LogP contribution in [0.1, 0.15) is 61.0 Å². The van der Waals surface area contributed by atoms with Gasteiger partial charge in [0.15, 0.2) is 0 Å². The molecule has 1 aromatic carbocycles. The van der Waals surface area contributed by atoms with Crippen molar-refractivity contribution >= 4 is 11.9 Å². The van der Waals surface area contributed by atoms with Gasteiger partial charge in [0.05, 0.1) is 5.56 Å². The van der Waals surface area contributed by atoms with Gasteiger partial charge in [-0.1, -0.05) is 26.3 Å². The minimum Gasteiger partial charge on any atom is -0.478 e. The van der Waals surface area contributed by atoms with Crippen LogP contribution in [0.15, 0.2) is 18.2 Å². The topological polar surface area (TPSA) is 57.6 Å². The minimum atomic E-state index is -0.911. The third-order valence-electron chi connectivity index (χ3n) is 5.32. The van der Waals surface area contributed by atoms with Crippen LogP contribution >= 0.6 is 0 Å². The Morgan fingerprint density at radius 1 is 1.26 bits per heavy atom. The molecular formula is C19H25NO3. The summed E-state index contributed by atoms with van der Waals surface area (Å²) in [5.74, 6) is -0.106. The third-order valence-corrected chi connectivity index (χ3v) is 5.32. The largest absolute Gasteiger partial charge is 0.478 e. The quantitative estimate of drug-likeness (QED) is 0.925. The van der Waals surface area contributed by atoms with Crippen molar-refractivity contribution in [2.45, 2.75) is 52.5 Å². The van der Waals surface area contributed by atoms with Crippen molar-refractivity contribution in [2.24, 2.45) is 11.3 Å². The molecule has 4 nitrogen and oxygen atoms in total. The highest BCUT2D eigenvalue weighted by Crippen LogP contribution is 2.47. The SMILES string of the molecule is CC(C)CC1(C(=O)N2CCc3ccc(C(=O)O)cc3C2)CCC1. The van der Waals surface area contributed by atoms with Gasteiger partial charge in [-0.05, 0) is 54.9 Å². The van der Waals surface area contributed by atoms with E-state index in [1.807, 2.05) is 11.0 Å². The average molecular weight is 315 g/mol. The van der Waals surface area contributed by atoms with Crippen molar-refractivity contribution in [1.82, 2.24) is 4.90 Å². The fraction of sp³-hybridized carbons (Fsp3) is 0.579. The first kappa shape index (κ1) is 16.0. The predicted octanol–water partition coefficient (Wildman–Crippen LogP) is 3.49. The Bertz CT molecular complexity index is 632. The van der Waals surface area contributed by atoms with E-state index in [0.717, 1.165) is 44.2 Å². The molecule has 23 heavy (non-hydrogen) atoms. The van der Waals surface area contributed by atoms with E-state index in [9.17, 15) is 9.59 Å². The maximum atomic E-state index is 13.1. The van der Waals surface area contributed by atoms with Gasteiger partial charge in [0, 0.05) is 18.5 Å². The van der Waals surface area contributed by atoms with Gasteiger partial charge in [0.1, 0.15) is 0 Å². The van der Waals surface area contributed by atoms with Crippen LogP contribution in [0, 0.1) is 11.3 Å². The zero-order valence-electron chi connectivity index (χ0n) is 14.0. The van der Waals surface area contributed by atoms with Crippen molar-refractivity contribution in [3.05, 3.63) is 34.9 Å². The second-order valence-corrected chi connectivity index (χ2v) is 7.50. The van der Waals surface area contributed by atoms with Gasteiger partial charge in [0.25, 0.3) is 0 Å². The fourth-order valence-electron chi connectivity index (χ4n) is 4.09. The van der Waals surface area contributed by atoms with Crippen LogP contribution in [0.4, 0.5) is 0 Å². The molecule has 0 unspecified atom stereocenters. The van der Waals surface area contributed by atoms with E-state index in [2.05, 4.69) is 13.8 Å². The first-order chi connectivity index (χ1) is 10.9. The molecule has 1 saturated carbocycles. The summed E-state index contributed by atoms with van der Waals surface area (Å²) < 4.78 is 0. The fourth-order valence-corrected chi connectivity index (χ4v) is 4.09.